The van der Waals surface area contributed by atoms with Crippen LogP contribution in [0.5, 0.6) is 0 Å². The van der Waals surface area contributed by atoms with E-state index in [0.717, 1.165) is 22.5 Å². The van der Waals surface area contributed by atoms with Gasteiger partial charge in [0.1, 0.15) is 0 Å². The van der Waals surface area contributed by atoms with Crippen LogP contribution in [0.15, 0.2) is 22.7 Å². The standard InChI is InChI=1S/C9H11BrClN/c1-12-5-4-7-6-8(10)2-3-9(7)11/h2-3,6,12H,4-5H2,1H3. The van der Waals surface area contributed by atoms with E-state index in [1.807, 2.05) is 19.2 Å². The Kier molecular flexibility index (Phi) is 4.06. The molecular weight excluding hydrogens is 237 g/mol. The molecule has 3 heteroatoms. The quantitative estimate of drug-likeness (QED) is 0.867. The second kappa shape index (κ2) is 4.85. The molecule has 0 fully saturated rings. The van der Waals surface area contributed by atoms with Crippen molar-refractivity contribution in [2.75, 3.05) is 13.6 Å². The number of nitrogens with one attached hydrogen (secondary N) is 1. The Morgan fingerprint density at radius 3 is 2.92 bits per heavy atom. The molecule has 0 aromatic heterocycles. The fourth-order valence-corrected chi connectivity index (χ4v) is 1.62. The van der Waals surface area contributed by atoms with Gasteiger partial charge in [-0.3, -0.25) is 0 Å². The molecule has 0 spiro atoms. The molecule has 0 saturated heterocycles. The summed E-state index contributed by atoms with van der Waals surface area (Å²) in [6.45, 7) is 0.955. The van der Waals surface area contributed by atoms with Gasteiger partial charge in [0.15, 0.2) is 0 Å². The van der Waals surface area contributed by atoms with Gasteiger partial charge in [0, 0.05) is 9.50 Å². The highest BCUT2D eigenvalue weighted by molar-refractivity contribution is 9.10. The van der Waals surface area contributed by atoms with Crippen molar-refractivity contribution in [2.24, 2.45) is 0 Å². The highest BCUT2D eigenvalue weighted by Crippen LogP contribution is 2.20. The molecule has 1 aromatic rings. The summed E-state index contributed by atoms with van der Waals surface area (Å²) in [6, 6.07) is 5.92. The van der Waals surface area contributed by atoms with E-state index >= 15 is 0 Å². The lowest BCUT2D eigenvalue weighted by atomic mass is 10.1. The zero-order chi connectivity index (χ0) is 8.97. The van der Waals surface area contributed by atoms with Crippen molar-refractivity contribution in [1.82, 2.24) is 5.32 Å². The number of rotatable bonds is 3. The predicted octanol–water partition coefficient (Wildman–Crippen LogP) is 2.86. The Morgan fingerprint density at radius 2 is 2.25 bits per heavy atom. The van der Waals surface area contributed by atoms with E-state index in [4.69, 9.17) is 11.6 Å². The van der Waals surface area contributed by atoms with Crippen LogP contribution in [0.2, 0.25) is 5.02 Å². The van der Waals surface area contributed by atoms with E-state index in [1.54, 1.807) is 0 Å². The van der Waals surface area contributed by atoms with Crippen molar-refractivity contribution in [1.29, 1.82) is 0 Å². The molecule has 0 bridgehead atoms. The number of hydrogen-bond acceptors (Lipinski definition) is 1. The molecule has 1 rings (SSSR count). The maximum absolute atomic E-state index is 5.98. The molecule has 0 aliphatic heterocycles. The average molecular weight is 249 g/mol. The number of likely N-dealkylation sites (N-methyl/N-ethyl adjacent to an activating group) is 1. The molecular formula is C9H11BrClN. The molecule has 0 aliphatic rings. The van der Waals surface area contributed by atoms with E-state index in [-0.39, 0.29) is 0 Å². The third-order valence-electron chi connectivity index (χ3n) is 1.65. The fraction of sp³-hybridized carbons (Fsp3) is 0.333. The summed E-state index contributed by atoms with van der Waals surface area (Å²) >= 11 is 9.39. The summed E-state index contributed by atoms with van der Waals surface area (Å²) in [4.78, 5) is 0. The molecule has 12 heavy (non-hydrogen) atoms. The molecule has 0 atom stereocenters. The lowest BCUT2D eigenvalue weighted by molar-refractivity contribution is 0.791. The van der Waals surface area contributed by atoms with E-state index in [1.165, 1.54) is 5.56 Å². The first-order valence-electron chi connectivity index (χ1n) is 3.82. The van der Waals surface area contributed by atoms with Crippen molar-refractivity contribution in [3.63, 3.8) is 0 Å². The second-order valence-electron chi connectivity index (χ2n) is 2.59. The predicted molar refractivity (Wildman–Crippen MR) is 56.8 cm³/mol. The van der Waals surface area contributed by atoms with Crippen molar-refractivity contribution in [3.8, 4) is 0 Å². The van der Waals surface area contributed by atoms with Gasteiger partial charge in [-0.25, -0.2) is 0 Å². The van der Waals surface area contributed by atoms with Crippen LogP contribution in [0.1, 0.15) is 5.56 Å². The van der Waals surface area contributed by atoms with Gasteiger partial charge in [-0.05, 0) is 43.8 Å². The molecule has 1 N–H and O–H groups in total. The molecule has 1 nitrogen and oxygen atoms in total. The minimum absolute atomic E-state index is 0.841. The summed E-state index contributed by atoms with van der Waals surface area (Å²) in [7, 11) is 1.94. The third kappa shape index (κ3) is 2.77. The van der Waals surface area contributed by atoms with Crippen molar-refractivity contribution in [3.05, 3.63) is 33.3 Å². The summed E-state index contributed by atoms with van der Waals surface area (Å²) < 4.78 is 1.08. The molecule has 0 heterocycles. The largest absolute Gasteiger partial charge is 0.319 e. The van der Waals surface area contributed by atoms with Crippen LogP contribution < -0.4 is 5.32 Å². The zero-order valence-corrected chi connectivity index (χ0v) is 9.24. The molecule has 0 radical (unpaired) electrons. The van der Waals surface area contributed by atoms with Gasteiger partial charge in [-0.15, -0.1) is 0 Å². The molecule has 0 amide bonds. The van der Waals surface area contributed by atoms with E-state index in [9.17, 15) is 0 Å². The molecule has 0 unspecified atom stereocenters. The van der Waals surface area contributed by atoms with Crippen LogP contribution in [0.4, 0.5) is 0 Å². The number of benzene rings is 1. The van der Waals surface area contributed by atoms with Gasteiger partial charge in [-0.1, -0.05) is 27.5 Å². The van der Waals surface area contributed by atoms with Crippen molar-refractivity contribution in [2.45, 2.75) is 6.42 Å². The monoisotopic (exact) mass is 247 g/mol. The summed E-state index contributed by atoms with van der Waals surface area (Å²) in [5, 5.41) is 3.93. The highest BCUT2D eigenvalue weighted by Gasteiger charge is 1.99. The van der Waals surface area contributed by atoms with E-state index in [2.05, 4.69) is 27.3 Å². The number of halogens is 2. The summed E-state index contributed by atoms with van der Waals surface area (Å²) in [6.07, 6.45) is 0.967. The summed E-state index contributed by atoms with van der Waals surface area (Å²) in [5.74, 6) is 0. The fourth-order valence-electron chi connectivity index (χ4n) is 0.995. The Hall–Kier alpha value is -0.0500. The normalized spacial score (nSPS) is 10.2. The lowest BCUT2D eigenvalue weighted by Gasteiger charge is -2.03. The first-order chi connectivity index (χ1) is 5.74. The molecule has 1 aromatic carbocycles. The Bertz CT molecular complexity index is 263. The van der Waals surface area contributed by atoms with Gasteiger partial charge in [0.2, 0.25) is 0 Å². The van der Waals surface area contributed by atoms with Crippen LogP contribution in [-0.4, -0.2) is 13.6 Å². The van der Waals surface area contributed by atoms with Gasteiger partial charge in [-0.2, -0.15) is 0 Å². The minimum Gasteiger partial charge on any atom is -0.319 e. The van der Waals surface area contributed by atoms with Crippen LogP contribution in [0.3, 0.4) is 0 Å². The second-order valence-corrected chi connectivity index (χ2v) is 3.91. The van der Waals surface area contributed by atoms with Gasteiger partial charge in [0.05, 0.1) is 0 Å². The van der Waals surface area contributed by atoms with Crippen LogP contribution in [0, 0.1) is 0 Å². The molecule has 0 saturated carbocycles. The van der Waals surface area contributed by atoms with E-state index in [0.29, 0.717) is 0 Å². The van der Waals surface area contributed by atoms with Crippen LogP contribution in [-0.2, 0) is 6.42 Å². The Labute approximate surface area is 86.2 Å². The van der Waals surface area contributed by atoms with Crippen molar-refractivity contribution < 1.29 is 0 Å². The topological polar surface area (TPSA) is 12.0 Å². The minimum atomic E-state index is 0.841. The third-order valence-corrected chi connectivity index (χ3v) is 2.51. The van der Waals surface area contributed by atoms with Gasteiger partial charge < -0.3 is 5.32 Å². The maximum atomic E-state index is 5.98. The molecule has 66 valence electrons. The highest BCUT2D eigenvalue weighted by atomic mass is 79.9. The first kappa shape index (κ1) is 10.0. The Morgan fingerprint density at radius 1 is 1.50 bits per heavy atom. The van der Waals surface area contributed by atoms with Gasteiger partial charge in [0.25, 0.3) is 0 Å². The van der Waals surface area contributed by atoms with Crippen LogP contribution >= 0.6 is 27.5 Å². The zero-order valence-electron chi connectivity index (χ0n) is 6.90. The summed E-state index contributed by atoms with van der Waals surface area (Å²) in [5.41, 5.74) is 1.18. The molecule has 0 aliphatic carbocycles. The first-order valence-corrected chi connectivity index (χ1v) is 4.99. The van der Waals surface area contributed by atoms with E-state index < -0.39 is 0 Å². The smallest absolute Gasteiger partial charge is 0.0439 e. The number of hydrogen-bond donors (Lipinski definition) is 1. The maximum Gasteiger partial charge on any atom is 0.0439 e. The van der Waals surface area contributed by atoms with Crippen LogP contribution in [0.25, 0.3) is 0 Å². The SMILES string of the molecule is CNCCc1cc(Br)ccc1Cl. The lowest BCUT2D eigenvalue weighted by Crippen LogP contribution is -2.10. The average Bonchev–Trinajstić information content (AvgIpc) is 2.07. The van der Waals surface area contributed by atoms with Gasteiger partial charge >= 0.3 is 0 Å². The Balaban J connectivity index is 2.75. The van der Waals surface area contributed by atoms with Crippen molar-refractivity contribution >= 4 is 27.5 Å².